The zero-order valence-electron chi connectivity index (χ0n) is 14.6. The lowest BCUT2D eigenvalue weighted by atomic mass is 9.71. The summed E-state index contributed by atoms with van der Waals surface area (Å²) in [5.41, 5.74) is 3.75. The fraction of sp³-hybridized carbons (Fsp3) is 0.450. The van der Waals surface area contributed by atoms with Crippen LogP contribution in [0, 0.1) is 11.8 Å². The number of aliphatic hydroxyl groups excluding tert-OH is 1. The smallest absolute Gasteiger partial charge is 0.179 e. The van der Waals surface area contributed by atoms with E-state index in [9.17, 15) is 15.0 Å². The maximum Gasteiger partial charge on any atom is 0.179 e. The van der Waals surface area contributed by atoms with Crippen molar-refractivity contribution in [1.29, 1.82) is 0 Å². The third-order valence-corrected chi connectivity index (χ3v) is 6.05. The van der Waals surface area contributed by atoms with Crippen molar-refractivity contribution in [3.8, 4) is 5.75 Å². The Morgan fingerprint density at radius 3 is 2.88 bits per heavy atom. The molecule has 3 N–H and O–H groups in total. The number of carbonyl (C=O) groups is 1. The standard InChI is InChI=1S/C20H24N2O3/c1-3-11-9-22(2)18-7-15-14-6-12(24)4-5-17(14)21-20(15)19(25)8-13(11)16(18)10-23/h3-6,13,16,18,21,23-24H,7-10H2,1-2H3/b11-3-/t13-,16?,18+/m0/s1. The van der Waals surface area contributed by atoms with Gasteiger partial charge in [-0.3, -0.25) is 9.69 Å². The maximum atomic E-state index is 13.0. The minimum Gasteiger partial charge on any atom is -0.508 e. The van der Waals surface area contributed by atoms with Crippen LogP contribution in [0.5, 0.6) is 5.75 Å². The second kappa shape index (κ2) is 6.00. The Kier molecular flexibility index (Phi) is 3.93. The van der Waals surface area contributed by atoms with E-state index in [0.29, 0.717) is 18.5 Å². The predicted molar refractivity (Wildman–Crippen MR) is 96.9 cm³/mol. The Bertz CT molecular complexity index is 867. The molecule has 2 bridgehead atoms. The predicted octanol–water partition coefficient (Wildman–Crippen LogP) is 2.49. The number of hydrogen-bond donors (Lipinski definition) is 3. The van der Waals surface area contributed by atoms with Gasteiger partial charge in [0, 0.05) is 42.4 Å². The first-order valence-electron chi connectivity index (χ1n) is 8.86. The summed E-state index contributed by atoms with van der Waals surface area (Å²) in [7, 11) is 2.09. The summed E-state index contributed by atoms with van der Waals surface area (Å²) >= 11 is 0. The van der Waals surface area contributed by atoms with Gasteiger partial charge < -0.3 is 15.2 Å². The molecule has 1 aromatic heterocycles. The van der Waals surface area contributed by atoms with Crippen LogP contribution in [0.25, 0.3) is 10.9 Å². The van der Waals surface area contributed by atoms with Gasteiger partial charge in [-0.2, -0.15) is 0 Å². The molecular weight excluding hydrogens is 316 g/mol. The number of fused-ring (bicyclic) bond motifs is 5. The molecule has 3 atom stereocenters. The van der Waals surface area contributed by atoms with E-state index in [1.807, 2.05) is 13.0 Å². The van der Waals surface area contributed by atoms with Crippen molar-refractivity contribution in [2.45, 2.75) is 25.8 Å². The summed E-state index contributed by atoms with van der Waals surface area (Å²) < 4.78 is 0. The number of aromatic hydroxyl groups is 1. The number of likely N-dealkylation sites (tertiary alicyclic amines) is 1. The van der Waals surface area contributed by atoms with E-state index < -0.39 is 0 Å². The summed E-state index contributed by atoms with van der Waals surface area (Å²) in [5, 5.41) is 20.9. The van der Waals surface area contributed by atoms with E-state index in [-0.39, 0.29) is 36.0 Å². The number of phenolic OH excluding ortho intramolecular Hbond substituents is 1. The van der Waals surface area contributed by atoms with E-state index in [4.69, 9.17) is 0 Å². The molecule has 2 aromatic rings. The molecule has 132 valence electrons. The van der Waals surface area contributed by atoms with Crippen LogP contribution in [0.2, 0.25) is 0 Å². The van der Waals surface area contributed by atoms with E-state index in [1.165, 1.54) is 5.57 Å². The number of nitrogens with one attached hydrogen (secondary N) is 1. The lowest BCUT2D eigenvalue weighted by Gasteiger charge is -2.46. The van der Waals surface area contributed by atoms with Crippen LogP contribution in [-0.4, -0.2) is 52.1 Å². The summed E-state index contributed by atoms with van der Waals surface area (Å²) in [6.07, 6.45) is 3.21. The maximum absolute atomic E-state index is 13.0. The van der Waals surface area contributed by atoms with E-state index in [1.54, 1.807) is 12.1 Å². The second-order valence-electron chi connectivity index (χ2n) is 7.34. The molecule has 1 unspecified atom stereocenters. The highest BCUT2D eigenvalue weighted by molar-refractivity contribution is 6.03. The number of allylic oxidation sites excluding steroid dienone is 1. The number of H-pyrrole nitrogens is 1. The van der Waals surface area contributed by atoms with Crippen molar-refractivity contribution in [3.05, 3.63) is 41.1 Å². The SMILES string of the molecule is C/C=C1/CN(C)[C@@H]2Cc3c([nH]c4ccc(O)cc34)C(=O)C[C@@H]1C2CO. The monoisotopic (exact) mass is 340 g/mol. The van der Waals surface area contributed by atoms with Crippen LogP contribution in [0.4, 0.5) is 0 Å². The van der Waals surface area contributed by atoms with E-state index in [2.05, 4.69) is 23.0 Å². The Hall–Kier alpha value is -2.11. The number of piperidine rings is 1. The van der Waals surface area contributed by atoms with Gasteiger partial charge in [-0.25, -0.2) is 0 Å². The molecule has 0 spiro atoms. The first-order valence-corrected chi connectivity index (χ1v) is 8.86. The van der Waals surface area contributed by atoms with E-state index in [0.717, 1.165) is 23.0 Å². The molecular formula is C20H24N2O3. The lowest BCUT2D eigenvalue weighted by molar-refractivity contribution is 0.0518. The summed E-state index contributed by atoms with van der Waals surface area (Å²) in [5.74, 6) is 0.436. The van der Waals surface area contributed by atoms with Crippen molar-refractivity contribution in [2.24, 2.45) is 11.8 Å². The molecule has 1 fully saturated rings. The number of ketones is 1. The molecule has 4 rings (SSSR count). The molecule has 2 heterocycles. The highest BCUT2D eigenvalue weighted by Crippen LogP contribution is 2.41. The third-order valence-electron chi connectivity index (χ3n) is 6.05. The van der Waals surface area contributed by atoms with E-state index >= 15 is 0 Å². The van der Waals surface area contributed by atoms with Gasteiger partial charge in [0.1, 0.15) is 5.75 Å². The quantitative estimate of drug-likeness (QED) is 0.697. The number of aliphatic hydroxyl groups is 1. The highest BCUT2D eigenvalue weighted by atomic mass is 16.3. The minimum atomic E-state index is 0.0457. The topological polar surface area (TPSA) is 76.6 Å². The van der Waals surface area contributed by atoms with Crippen LogP contribution >= 0.6 is 0 Å². The molecule has 1 aliphatic heterocycles. The molecule has 0 radical (unpaired) electrons. The zero-order valence-corrected chi connectivity index (χ0v) is 14.6. The largest absolute Gasteiger partial charge is 0.508 e. The van der Waals surface area contributed by atoms with Gasteiger partial charge >= 0.3 is 0 Å². The lowest BCUT2D eigenvalue weighted by Crippen LogP contribution is -2.52. The fourth-order valence-corrected chi connectivity index (χ4v) is 4.73. The van der Waals surface area contributed by atoms with Gasteiger partial charge in [0.2, 0.25) is 0 Å². The van der Waals surface area contributed by atoms with Crippen LogP contribution in [0.15, 0.2) is 29.8 Å². The molecule has 0 amide bonds. The van der Waals surface area contributed by atoms with Crippen molar-refractivity contribution in [3.63, 3.8) is 0 Å². The minimum absolute atomic E-state index is 0.0457. The van der Waals surface area contributed by atoms with Crippen molar-refractivity contribution in [1.82, 2.24) is 9.88 Å². The van der Waals surface area contributed by atoms with Gasteiger partial charge in [0.05, 0.1) is 5.69 Å². The second-order valence-corrected chi connectivity index (χ2v) is 7.34. The normalized spacial score (nSPS) is 28.8. The summed E-state index contributed by atoms with van der Waals surface area (Å²) in [6.45, 7) is 2.92. The zero-order chi connectivity index (χ0) is 17.7. The number of rotatable bonds is 1. The van der Waals surface area contributed by atoms with Crippen LogP contribution < -0.4 is 0 Å². The van der Waals surface area contributed by atoms with Gasteiger partial charge in [0.25, 0.3) is 0 Å². The Balaban J connectivity index is 1.90. The van der Waals surface area contributed by atoms with Gasteiger partial charge in [-0.1, -0.05) is 11.6 Å². The average Bonchev–Trinajstić information content (AvgIpc) is 2.94. The molecule has 5 nitrogen and oxygen atoms in total. The number of Topliss-reactive ketones (excluding diaryl/α,β-unsaturated/α-hetero) is 1. The molecule has 1 aliphatic carbocycles. The van der Waals surface area contributed by atoms with Gasteiger partial charge in [-0.05, 0) is 50.1 Å². The molecule has 1 aromatic carbocycles. The Labute approximate surface area is 147 Å². The van der Waals surface area contributed by atoms with Gasteiger partial charge in [-0.15, -0.1) is 0 Å². The van der Waals surface area contributed by atoms with Crippen LogP contribution in [-0.2, 0) is 6.42 Å². The fourth-order valence-electron chi connectivity index (χ4n) is 4.73. The van der Waals surface area contributed by atoms with Crippen molar-refractivity contribution in [2.75, 3.05) is 20.2 Å². The van der Waals surface area contributed by atoms with Gasteiger partial charge in [0.15, 0.2) is 5.78 Å². The first-order chi connectivity index (χ1) is 12.0. The molecule has 2 aliphatic rings. The number of aromatic nitrogens is 1. The number of likely N-dealkylation sites (N-methyl/N-ethyl adjacent to an activating group) is 1. The molecule has 25 heavy (non-hydrogen) atoms. The number of nitrogens with zero attached hydrogens (tertiary/aromatic N) is 1. The van der Waals surface area contributed by atoms with Crippen molar-refractivity contribution < 1.29 is 15.0 Å². The number of benzene rings is 1. The first kappa shape index (κ1) is 16.4. The molecule has 5 heteroatoms. The number of hydrogen-bond acceptors (Lipinski definition) is 4. The number of carbonyl (C=O) groups excluding carboxylic acids is 1. The number of aromatic amines is 1. The third kappa shape index (κ3) is 2.50. The highest BCUT2D eigenvalue weighted by Gasteiger charge is 2.42. The number of phenols is 1. The van der Waals surface area contributed by atoms with Crippen LogP contribution in [0.3, 0.4) is 0 Å². The van der Waals surface area contributed by atoms with Crippen LogP contribution in [0.1, 0.15) is 29.4 Å². The average molecular weight is 340 g/mol. The Morgan fingerprint density at radius 2 is 2.16 bits per heavy atom. The molecule has 1 saturated heterocycles. The molecule has 0 saturated carbocycles. The summed E-state index contributed by atoms with van der Waals surface area (Å²) in [4.78, 5) is 18.6. The van der Waals surface area contributed by atoms with Crippen molar-refractivity contribution >= 4 is 16.7 Å². The Morgan fingerprint density at radius 1 is 1.36 bits per heavy atom. The summed E-state index contributed by atoms with van der Waals surface area (Å²) in [6, 6.07) is 5.35.